The van der Waals surface area contributed by atoms with Crippen molar-refractivity contribution in [2.75, 3.05) is 6.54 Å². The normalized spacial score (nSPS) is 38.8. The summed E-state index contributed by atoms with van der Waals surface area (Å²) in [6.45, 7) is 0.687. The molecule has 3 nitrogen and oxygen atoms in total. The maximum Gasteiger partial charge on any atom is 0.310 e. The highest BCUT2D eigenvalue weighted by atomic mass is 35.5. The first-order valence-electron chi connectivity index (χ1n) is 4.20. The van der Waals surface area contributed by atoms with Crippen molar-refractivity contribution < 1.29 is 9.90 Å². The van der Waals surface area contributed by atoms with Crippen LogP contribution in [0.5, 0.6) is 0 Å². The maximum atomic E-state index is 10.9. The van der Waals surface area contributed by atoms with E-state index < -0.39 is 11.4 Å². The molecular formula is C8H14ClNO2. The fourth-order valence-electron chi connectivity index (χ4n) is 2.31. The van der Waals surface area contributed by atoms with Crippen LogP contribution in [0, 0.1) is 5.41 Å². The minimum atomic E-state index is -0.604. The molecule has 1 saturated heterocycles. The van der Waals surface area contributed by atoms with Crippen molar-refractivity contribution in [2.24, 2.45) is 5.41 Å². The molecule has 2 N–H and O–H groups in total. The number of rotatable bonds is 1. The van der Waals surface area contributed by atoms with E-state index in [1.165, 1.54) is 0 Å². The van der Waals surface area contributed by atoms with E-state index in [2.05, 4.69) is 5.32 Å². The van der Waals surface area contributed by atoms with Gasteiger partial charge in [0.1, 0.15) is 0 Å². The maximum absolute atomic E-state index is 10.9. The van der Waals surface area contributed by atoms with Gasteiger partial charge < -0.3 is 10.4 Å². The number of halogens is 1. The number of carboxylic acids is 1. The molecule has 70 valence electrons. The SMILES string of the molecule is Cl.O=C(O)C12CCCC(C1)NC2. The second kappa shape index (κ2) is 3.23. The summed E-state index contributed by atoms with van der Waals surface area (Å²) in [5, 5.41) is 12.2. The monoisotopic (exact) mass is 191 g/mol. The predicted molar refractivity (Wildman–Crippen MR) is 47.6 cm³/mol. The lowest BCUT2D eigenvalue weighted by atomic mass is 9.76. The van der Waals surface area contributed by atoms with Crippen LogP contribution in [0.1, 0.15) is 25.7 Å². The average molecular weight is 192 g/mol. The molecule has 0 aromatic carbocycles. The van der Waals surface area contributed by atoms with E-state index in [4.69, 9.17) is 5.11 Å². The number of fused-ring (bicyclic) bond motifs is 2. The highest BCUT2D eigenvalue weighted by Crippen LogP contribution is 2.40. The Morgan fingerprint density at radius 3 is 2.92 bits per heavy atom. The van der Waals surface area contributed by atoms with Crippen LogP contribution in [-0.2, 0) is 4.79 Å². The summed E-state index contributed by atoms with van der Waals surface area (Å²) >= 11 is 0. The summed E-state index contributed by atoms with van der Waals surface area (Å²) in [6, 6.07) is 0.486. The Kier molecular flexibility index (Phi) is 2.64. The highest BCUT2D eigenvalue weighted by molar-refractivity contribution is 5.85. The van der Waals surface area contributed by atoms with Gasteiger partial charge in [-0.3, -0.25) is 4.79 Å². The highest BCUT2D eigenvalue weighted by Gasteiger charge is 2.47. The molecule has 12 heavy (non-hydrogen) atoms. The molecule has 1 heterocycles. The number of hydrogen-bond acceptors (Lipinski definition) is 2. The van der Waals surface area contributed by atoms with Crippen molar-refractivity contribution in [3.05, 3.63) is 0 Å². The second-order valence-corrected chi connectivity index (χ2v) is 3.76. The zero-order valence-corrected chi connectivity index (χ0v) is 7.69. The Morgan fingerprint density at radius 1 is 1.58 bits per heavy atom. The summed E-state index contributed by atoms with van der Waals surface area (Å²) in [6.07, 6.45) is 3.95. The van der Waals surface area contributed by atoms with Gasteiger partial charge in [0, 0.05) is 12.6 Å². The number of aliphatic carboxylic acids is 1. The van der Waals surface area contributed by atoms with Crippen molar-refractivity contribution in [2.45, 2.75) is 31.7 Å². The largest absolute Gasteiger partial charge is 0.481 e. The van der Waals surface area contributed by atoms with Gasteiger partial charge in [-0.2, -0.15) is 0 Å². The smallest absolute Gasteiger partial charge is 0.310 e. The van der Waals surface area contributed by atoms with E-state index in [1.807, 2.05) is 0 Å². The quantitative estimate of drug-likeness (QED) is 0.651. The Labute approximate surface area is 77.9 Å². The fourth-order valence-corrected chi connectivity index (χ4v) is 2.31. The van der Waals surface area contributed by atoms with Crippen molar-refractivity contribution in [3.63, 3.8) is 0 Å². The Bertz CT molecular complexity index is 193. The van der Waals surface area contributed by atoms with Gasteiger partial charge in [0.25, 0.3) is 0 Å². The second-order valence-electron chi connectivity index (χ2n) is 3.76. The van der Waals surface area contributed by atoms with E-state index in [-0.39, 0.29) is 12.4 Å². The molecule has 0 radical (unpaired) electrons. The van der Waals surface area contributed by atoms with E-state index >= 15 is 0 Å². The van der Waals surface area contributed by atoms with E-state index in [9.17, 15) is 4.79 Å². The molecule has 0 aromatic rings. The molecule has 2 unspecified atom stereocenters. The molecule has 1 aliphatic carbocycles. The minimum absolute atomic E-state index is 0. The summed E-state index contributed by atoms with van der Waals surface area (Å²) in [4.78, 5) is 10.9. The number of carbonyl (C=O) groups is 1. The summed E-state index contributed by atoms with van der Waals surface area (Å²) < 4.78 is 0. The van der Waals surface area contributed by atoms with Crippen LogP contribution in [0.4, 0.5) is 0 Å². The van der Waals surface area contributed by atoms with Crippen LogP contribution in [0.15, 0.2) is 0 Å². The predicted octanol–water partition coefficient (Wildman–Crippen LogP) is 1.02. The molecule has 4 heteroatoms. The van der Waals surface area contributed by atoms with Gasteiger partial charge in [-0.05, 0) is 19.3 Å². The first kappa shape index (κ1) is 9.81. The van der Waals surface area contributed by atoms with Crippen LogP contribution in [0.2, 0.25) is 0 Å². The van der Waals surface area contributed by atoms with Gasteiger partial charge in [-0.25, -0.2) is 0 Å². The Morgan fingerprint density at radius 2 is 2.33 bits per heavy atom. The van der Waals surface area contributed by atoms with Crippen molar-refractivity contribution in [3.8, 4) is 0 Å². The van der Waals surface area contributed by atoms with Gasteiger partial charge in [-0.1, -0.05) is 6.42 Å². The van der Waals surface area contributed by atoms with Crippen molar-refractivity contribution in [1.82, 2.24) is 5.32 Å². The van der Waals surface area contributed by atoms with Gasteiger partial charge in [-0.15, -0.1) is 12.4 Å². The lowest BCUT2D eigenvalue weighted by Crippen LogP contribution is -2.33. The average Bonchev–Trinajstić information content (AvgIpc) is 2.29. The third-order valence-electron chi connectivity index (χ3n) is 3.03. The molecule has 0 amide bonds. The molecule has 0 spiro atoms. The van der Waals surface area contributed by atoms with Crippen LogP contribution >= 0.6 is 12.4 Å². The zero-order valence-electron chi connectivity index (χ0n) is 6.88. The van der Waals surface area contributed by atoms with E-state index in [0.717, 1.165) is 25.7 Å². The van der Waals surface area contributed by atoms with Crippen molar-refractivity contribution >= 4 is 18.4 Å². The molecule has 2 aliphatic rings. The summed E-state index contributed by atoms with van der Waals surface area (Å²) in [5.41, 5.74) is -0.400. The molecular weight excluding hydrogens is 178 g/mol. The Balaban J connectivity index is 0.000000720. The molecule has 2 fully saturated rings. The number of hydrogen-bond donors (Lipinski definition) is 2. The van der Waals surface area contributed by atoms with Crippen molar-refractivity contribution in [1.29, 1.82) is 0 Å². The number of carboxylic acid groups (broad SMARTS) is 1. The summed E-state index contributed by atoms with van der Waals surface area (Å²) in [7, 11) is 0. The summed E-state index contributed by atoms with van der Waals surface area (Å²) in [5.74, 6) is -0.604. The first-order valence-corrected chi connectivity index (χ1v) is 4.20. The van der Waals surface area contributed by atoms with E-state index in [0.29, 0.717) is 12.6 Å². The third kappa shape index (κ3) is 1.31. The molecule has 2 rings (SSSR count). The van der Waals surface area contributed by atoms with Crippen LogP contribution in [0.3, 0.4) is 0 Å². The van der Waals surface area contributed by atoms with Gasteiger partial charge in [0.15, 0.2) is 0 Å². The lowest BCUT2D eigenvalue weighted by Gasteiger charge is -2.26. The molecule has 1 saturated carbocycles. The zero-order chi connectivity index (χ0) is 7.90. The lowest BCUT2D eigenvalue weighted by molar-refractivity contribution is -0.148. The third-order valence-corrected chi connectivity index (χ3v) is 3.03. The van der Waals surface area contributed by atoms with Gasteiger partial charge in [0.05, 0.1) is 5.41 Å². The molecule has 0 aromatic heterocycles. The van der Waals surface area contributed by atoms with Crippen LogP contribution in [-0.4, -0.2) is 23.7 Å². The molecule has 1 aliphatic heterocycles. The molecule has 2 bridgehead atoms. The first-order chi connectivity index (χ1) is 5.23. The Hall–Kier alpha value is -0.280. The van der Waals surface area contributed by atoms with Crippen LogP contribution < -0.4 is 5.32 Å². The fraction of sp³-hybridized carbons (Fsp3) is 0.875. The number of nitrogens with one attached hydrogen (secondary N) is 1. The topological polar surface area (TPSA) is 49.3 Å². The van der Waals surface area contributed by atoms with E-state index in [1.54, 1.807) is 0 Å². The molecule has 2 atom stereocenters. The van der Waals surface area contributed by atoms with Gasteiger partial charge in [0.2, 0.25) is 0 Å². The minimum Gasteiger partial charge on any atom is -0.481 e. The standard InChI is InChI=1S/C8H13NO2.ClH/c10-7(11)8-3-1-2-6(4-8)9-5-8;/h6,9H,1-5H2,(H,10,11);1H. The van der Waals surface area contributed by atoms with Gasteiger partial charge >= 0.3 is 5.97 Å². The van der Waals surface area contributed by atoms with Crippen LogP contribution in [0.25, 0.3) is 0 Å².